The molecule has 0 amide bonds. The van der Waals surface area contributed by atoms with Gasteiger partial charge in [-0.3, -0.25) is 0 Å². The Balaban J connectivity index is 2.47. The minimum atomic E-state index is -0.520. The van der Waals surface area contributed by atoms with Gasteiger partial charge >= 0.3 is 0 Å². The highest BCUT2D eigenvalue weighted by atomic mass is 16.7. The molecule has 0 unspecified atom stereocenters. The normalized spacial score (nSPS) is 18.5. The van der Waals surface area contributed by atoms with Crippen LogP contribution in [0.5, 0.6) is 0 Å². The Morgan fingerprint density at radius 1 is 1.23 bits per heavy atom. The first-order chi connectivity index (χ1) is 6.33. The van der Waals surface area contributed by atoms with Crippen LogP contribution >= 0.6 is 0 Å². The highest BCUT2D eigenvalue weighted by molar-refractivity contribution is 4.95. The van der Waals surface area contributed by atoms with Crippen molar-refractivity contribution in [3.8, 4) is 0 Å². The van der Waals surface area contributed by atoms with Crippen LogP contribution in [0.25, 0.3) is 0 Å². The SMILES string of the molecule is C=CCC1(C/C=C/CC)OC=CO1. The van der Waals surface area contributed by atoms with Gasteiger partial charge in [-0.15, -0.1) is 6.58 Å². The smallest absolute Gasteiger partial charge is 0.256 e. The summed E-state index contributed by atoms with van der Waals surface area (Å²) < 4.78 is 10.8. The van der Waals surface area contributed by atoms with E-state index in [1.54, 1.807) is 12.5 Å². The van der Waals surface area contributed by atoms with Crippen molar-refractivity contribution in [2.45, 2.75) is 32.0 Å². The topological polar surface area (TPSA) is 18.5 Å². The maximum Gasteiger partial charge on any atom is 0.256 e. The summed E-state index contributed by atoms with van der Waals surface area (Å²) in [4.78, 5) is 0. The van der Waals surface area contributed by atoms with Crippen LogP contribution < -0.4 is 0 Å². The van der Waals surface area contributed by atoms with Crippen LogP contribution in [0.1, 0.15) is 26.2 Å². The lowest BCUT2D eigenvalue weighted by Crippen LogP contribution is -2.28. The van der Waals surface area contributed by atoms with Crippen LogP contribution in [-0.2, 0) is 9.47 Å². The Bertz CT molecular complexity index is 208. The lowest BCUT2D eigenvalue weighted by atomic mass is 10.1. The molecule has 0 aromatic heterocycles. The molecule has 0 aromatic rings. The van der Waals surface area contributed by atoms with Crippen molar-refractivity contribution in [2.75, 3.05) is 0 Å². The predicted octanol–water partition coefficient (Wildman–Crippen LogP) is 3.13. The number of allylic oxidation sites excluding steroid dienone is 1. The highest BCUT2D eigenvalue weighted by Crippen LogP contribution is 2.28. The van der Waals surface area contributed by atoms with E-state index in [1.807, 2.05) is 6.08 Å². The zero-order chi connectivity index (χ0) is 9.57. The van der Waals surface area contributed by atoms with E-state index in [1.165, 1.54) is 0 Å². The fourth-order valence-electron chi connectivity index (χ4n) is 1.26. The van der Waals surface area contributed by atoms with E-state index in [-0.39, 0.29) is 0 Å². The standard InChI is InChI=1S/C11H16O2/c1-3-5-6-8-11(7-4-2)12-9-10-13-11/h4-6,9-10H,2-3,7-8H2,1H3/b6-5+. The average molecular weight is 180 g/mol. The molecule has 0 aromatic carbocycles. The van der Waals surface area contributed by atoms with Gasteiger partial charge in [0, 0.05) is 12.8 Å². The summed E-state index contributed by atoms with van der Waals surface area (Å²) in [6, 6.07) is 0. The summed E-state index contributed by atoms with van der Waals surface area (Å²) in [5.41, 5.74) is 0. The molecule has 0 fully saturated rings. The minimum Gasteiger partial charge on any atom is -0.456 e. The van der Waals surface area contributed by atoms with E-state index >= 15 is 0 Å². The first-order valence-corrected chi connectivity index (χ1v) is 4.59. The second-order valence-electron chi connectivity index (χ2n) is 3.00. The van der Waals surface area contributed by atoms with E-state index < -0.39 is 5.79 Å². The van der Waals surface area contributed by atoms with Crippen molar-refractivity contribution in [1.29, 1.82) is 0 Å². The van der Waals surface area contributed by atoms with Crippen molar-refractivity contribution in [3.63, 3.8) is 0 Å². The zero-order valence-electron chi connectivity index (χ0n) is 8.03. The van der Waals surface area contributed by atoms with Crippen molar-refractivity contribution >= 4 is 0 Å². The molecule has 0 atom stereocenters. The van der Waals surface area contributed by atoms with Gasteiger partial charge in [-0.05, 0) is 6.42 Å². The maximum absolute atomic E-state index is 5.40. The molecule has 0 saturated carbocycles. The Morgan fingerprint density at radius 2 is 1.92 bits per heavy atom. The number of hydrogen-bond donors (Lipinski definition) is 0. The molecule has 0 spiro atoms. The van der Waals surface area contributed by atoms with Crippen LogP contribution in [0, 0.1) is 0 Å². The third-order valence-corrected chi connectivity index (χ3v) is 1.91. The molecule has 0 bridgehead atoms. The van der Waals surface area contributed by atoms with Gasteiger partial charge in [0.25, 0.3) is 5.79 Å². The third-order valence-electron chi connectivity index (χ3n) is 1.91. The van der Waals surface area contributed by atoms with Crippen molar-refractivity contribution in [3.05, 3.63) is 37.3 Å². The van der Waals surface area contributed by atoms with Gasteiger partial charge in [0.15, 0.2) is 0 Å². The molecule has 0 radical (unpaired) electrons. The molecule has 13 heavy (non-hydrogen) atoms. The summed E-state index contributed by atoms with van der Waals surface area (Å²) in [5.74, 6) is -0.520. The molecule has 2 nitrogen and oxygen atoms in total. The number of ether oxygens (including phenoxy) is 2. The summed E-state index contributed by atoms with van der Waals surface area (Å²) in [7, 11) is 0. The van der Waals surface area contributed by atoms with Gasteiger partial charge in [0.1, 0.15) is 12.5 Å². The van der Waals surface area contributed by atoms with E-state index in [2.05, 4.69) is 25.7 Å². The van der Waals surface area contributed by atoms with Crippen molar-refractivity contribution in [1.82, 2.24) is 0 Å². The minimum absolute atomic E-state index is 0.520. The monoisotopic (exact) mass is 180 g/mol. The number of hydrogen-bond acceptors (Lipinski definition) is 2. The maximum atomic E-state index is 5.40. The lowest BCUT2D eigenvalue weighted by Gasteiger charge is -2.24. The molecule has 0 saturated heterocycles. The van der Waals surface area contributed by atoms with Crippen LogP contribution in [0.3, 0.4) is 0 Å². The van der Waals surface area contributed by atoms with Crippen molar-refractivity contribution in [2.24, 2.45) is 0 Å². The molecule has 1 rings (SSSR count). The Kier molecular flexibility index (Phi) is 3.62. The van der Waals surface area contributed by atoms with E-state index in [0.717, 1.165) is 12.8 Å². The highest BCUT2D eigenvalue weighted by Gasteiger charge is 2.32. The van der Waals surface area contributed by atoms with Crippen LogP contribution in [-0.4, -0.2) is 5.79 Å². The molecule has 1 aliphatic rings. The van der Waals surface area contributed by atoms with Gasteiger partial charge < -0.3 is 9.47 Å². The summed E-state index contributed by atoms with van der Waals surface area (Å²) >= 11 is 0. The summed E-state index contributed by atoms with van der Waals surface area (Å²) in [6.07, 6.45) is 11.7. The largest absolute Gasteiger partial charge is 0.456 e. The van der Waals surface area contributed by atoms with Crippen LogP contribution in [0.15, 0.2) is 37.3 Å². The van der Waals surface area contributed by atoms with E-state index in [9.17, 15) is 0 Å². The first-order valence-electron chi connectivity index (χ1n) is 4.59. The Morgan fingerprint density at radius 3 is 2.46 bits per heavy atom. The Hall–Kier alpha value is -1.18. The first kappa shape index (κ1) is 9.90. The van der Waals surface area contributed by atoms with E-state index in [0.29, 0.717) is 6.42 Å². The summed E-state index contributed by atoms with van der Waals surface area (Å²) in [6.45, 7) is 5.79. The molecular formula is C11H16O2. The molecular weight excluding hydrogens is 164 g/mol. The molecule has 0 N–H and O–H groups in total. The molecule has 72 valence electrons. The van der Waals surface area contributed by atoms with Crippen LogP contribution in [0.4, 0.5) is 0 Å². The fraction of sp³-hybridized carbons (Fsp3) is 0.455. The zero-order valence-corrected chi connectivity index (χ0v) is 8.03. The average Bonchev–Trinajstić information content (AvgIpc) is 2.55. The van der Waals surface area contributed by atoms with Crippen LogP contribution in [0.2, 0.25) is 0 Å². The molecule has 2 heteroatoms. The van der Waals surface area contributed by atoms with E-state index in [4.69, 9.17) is 9.47 Å². The summed E-state index contributed by atoms with van der Waals surface area (Å²) in [5, 5.41) is 0. The lowest BCUT2D eigenvalue weighted by molar-refractivity contribution is -0.135. The van der Waals surface area contributed by atoms with Gasteiger partial charge in [0.05, 0.1) is 0 Å². The van der Waals surface area contributed by atoms with Gasteiger partial charge in [-0.2, -0.15) is 0 Å². The quantitative estimate of drug-likeness (QED) is 0.605. The van der Waals surface area contributed by atoms with Gasteiger partial charge in [-0.1, -0.05) is 25.2 Å². The second kappa shape index (κ2) is 4.75. The fourth-order valence-corrected chi connectivity index (χ4v) is 1.26. The molecule has 0 aliphatic carbocycles. The number of rotatable bonds is 5. The molecule has 1 heterocycles. The van der Waals surface area contributed by atoms with Gasteiger partial charge in [-0.25, -0.2) is 0 Å². The third kappa shape index (κ3) is 2.65. The van der Waals surface area contributed by atoms with Crippen molar-refractivity contribution < 1.29 is 9.47 Å². The molecule has 1 aliphatic heterocycles. The Labute approximate surface area is 79.5 Å². The van der Waals surface area contributed by atoms with Gasteiger partial charge in [0.2, 0.25) is 0 Å². The predicted molar refractivity (Wildman–Crippen MR) is 52.9 cm³/mol. The second-order valence-corrected chi connectivity index (χ2v) is 3.00.